The smallest absolute Gasteiger partial charge is 0.0384 e. The van der Waals surface area contributed by atoms with Gasteiger partial charge in [0.25, 0.3) is 0 Å². The van der Waals surface area contributed by atoms with Gasteiger partial charge in [-0.2, -0.15) is 0 Å². The van der Waals surface area contributed by atoms with Gasteiger partial charge in [-0.3, -0.25) is 0 Å². The summed E-state index contributed by atoms with van der Waals surface area (Å²) in [5, 5.41) is 1.46. The van der Waals surface area contributed by atoms with E-state index in [1.54, 1.807) is 0 Å². The van der Waals surface area contributed by atoms with Crippen LogP contribution in [0.3, 0.4) is 0 Å². The third-order valence-corrected chi connectivity index (χ3v) is 1.61. The van der Waals surface area contributed by atoms with E-state index in [0.717, 1.165) is 0 Å². The number of benzene rings is 1. The van der Waals surface area contributed by atoms with Crippen molar-refractivity contribution in [2.75, 3.05) is 0 Å². The second-order valence-electron chi connectivity index (χ2n) is 1.65. The van der Waals surface area contributed by atoms with E-state index in [0.29, 0.717) is 0 Å². The van der Waals surface area contributed by atoms with Crippen molar-refractivity contribution in [1.82, 2.24) is 0 Å². The fourth-order valence-corrected chi connectivity index (χ4v) is 0.919. The molecular formula is C6H8Si2. The number of hydrogen-bond donors (Lipinski definition) is 0. The molecule has 0 aliphatic rings. The van der Waals surface area contributed by atoms with Crippen LogP contribution in [0.25, 0.3) is 0 Å². The van der Waals surface area contributed by atoms with Crippen molar-refractivity contribution in [2.45, 2.75) is 0 Å². The first-order chi connectivity index (χ1) is 3.39. The highest BCUT2D eigenvalue weighted by Gasteiger charge is 1.72. The Labute approximate surface area is 57.4 Å². The van der Waals surface area contributed by atoms with Crippen molar-refractivity contribution in [3.05, 3.63) is 30.3 Å². The molecule has 0 amide bonds. The van der Waals surface area contributed by atoms with Gasteiger partial charge in [-0.05, 0) is 0 Å². The van der Waals surface area contributed by atoms with Gasteiger partial charge in [-0.25, -0.2) is 0 Å². The van der Waals surface area contributed by atoms with E-state index in [-0.39, 0.29) is 11.0 Å². The van der Waals surface area contributed by atoms with Crippen molar-refractivity contribution >= 4 is 26.4 Å². The molecule has 0 saturated heterocycles. The largest absolute Gasteiger partial charge is 0.0708 e. The zero-order valence-corrected chi connectivity index (χ0v) is 7.89. The van der Waals surface area contributed by atoms with Crippen LogP contribution in [0.4, 0.5) is 0 Å². The fourth-order valence-electron chi connectivity index (χ4n) is 0.534. The van der Waals surface area contributed by atoms with Crippen molar-refractivity contribution in [2.24, 2.45) is 0 Å². The minimum Gasteiger partial charge on any atom is -0.0708 e. The summed E-state index contributed by atoms with van der Waals surface area (Å²) >= 11 is 0. The van der Waals surface area contributed by atoms with Gasteiger partial charge >= 0.3 is 0 Å². The lowest BCUT2D eigenvalue weighted by molar-refractivity contribution is 1.78. The molecule has 2 heteroatoms. The van der Waals surface area contributed by atoms with Crippen LogP contribution < -0.4 is 5.19 Å². The van der Waals surface area contributed by atoms with Gasteiger partial charge in [-0.15, -0.1) is 0 Å². The van der Waals surface area contributed by atoms with E-state index >= 15 is 0 Å². The molecule has 0 aliphatic carbocycles. The summed E-state index contributed by atoms with van der Waals surface area (Å²) in [6, 6.07) is 10.5. The normalized spacial score (nSPS) is 8.00. The minimum atomic E-state index is 0. The maximum Gasteiger partial charge on any atom is 0.0384 e. The van der Waals surface area contributed by atoms with Gasteiger partial charge in [0.15, 0.2) is 0 Å². The topological polar surface area (TPSA) is 0 Å². The Morgan fingerprint density at radius 2 is 1.50 bits per heavy atom. The van der Waals surface area contributed by atoms with E-state index in [4.69, 9.17) is 0 Å². The average Bonchev–Trinajstić information content (AvgIpc) is 1.69. The maximum absolute atomic E-state index is 2.15. The third-order valence-electron chi connectivity index (χ3n) is 0.940. The van der Waals surface area contributed by atoms with Crippen LogP contribution in [0.2, 0.25) is 0 Å². The summed E-state index contributed by atoms with van der Waals surface area (Å²) in [6.07, 6.45) is 0. The molecule has 0 atom stereocenters. The van der Waals surface area contributed by atoms with Crippen LogP contribution in [0.1, 0.15) is 0 Å². The Kier molecular flexibility index (Phi) is 3.47. The zero-order valence-electron chi connectivity index (χ0n) is 4.89. The van der Waals surface area contributed by atoms with Gasteiger partial charge in [0.1, 0.15) is 0 Å². The Hall–Kier alpha value is -0.346. The lowest BCUT2D eigenvalue weighted by Gasteiger charge is -1.82. The summed E-state index contributed by atoms with van der Waals surface area (Å²) in [5.41, 5.74) is 0. The molecule has 4 radical (unpaired) electrons. The molecule has 40 valence electrons. The van der Waals surface area contributed by atoms with E-state index in [1.807, 2.05) is 6.07 Å². The first-order valence-electron chi connectivity index (χ1n) is 2.41. The van der Waals surface area contributed by atoms with Crippen LogP contribution in [-0.2, 0) is 0 Å². The quantitative estimate of drug-likeness (QED) is 0.414. The van der Waals surface area contributed by atoms with E-state index in [9.17, 15) is 0 Å². The molecule has 0 saturated carbocycles. The Bertz CT molecular complexity index is 136. The summed E-state index contributed by atoms with van der Waals surface area (Å²) < 4.78 is 0. The highest BCUT2D eigenvalue weighted by atomic mass is 28.1. The predicted octanol–water partition coefficient (Wildman–Crippen LogP) is -0.704. The lowest BCUT2D eigenvalue weighted by Crippen LogP contribution is -1.97. The van der Waals surface area contributed by atoms with Crippen LogP contribution in [0, 0.1) is 0 Å². The van der Waals surface area contributed by atoms with Crippen LogP contribution in [0.15, 0.2) is 30.3 Å². The molecule has 0 unspecified atom stereocenters. The summed E-state index contributed by atoms with van der Waals surface area (Å²) in [5.74, 6) is 0. The lowest BCUT2D eigenvalue weighted by atomic mass is 10.4. The van der Waals surface area contributed by atoms with Gasteiger partial charge < -0.3 is 0 Å². The van der Waals surface area contributed by atoms with Gasteiger partial charge in [0.05, 0.1) is 0 Å². The van der Waals surface area contributed by atoms with Crippen molar-refractivity contribution < 1.29 is 0 Å². The molecule has 1 aromatic carbocycles. The Morgan fingerprint density at radius 1 is 1.00 bits per heavy atom. The average molecular weight is 136 g/mol. The molecule has 1 rings (SSSR count). The van der Waals surface area contributed by atoms with E-state index in [2.05, 4.69) is 24.3 Å². The molecule has 0 aromatic heterocycles. The fraction of sp³-hybridized carbons (Fsp3) is 0. The van der Waals surface area contributed by atoms with Gasteiger partial charge in [0.2, 0.25) is 0 Å². The second kappa shape index (κ2) is 3.63. The molecule has 8 heavy (non-hydrogen) atoms. The molecule has 0 nitrogen and oxygen atoms in total. The van der Waals surface area contributed by atoms with Crippen LogP contribution >= 0.6 is 0 Å². The molecule has 0 spiro atoms. The van der Waals surface area contributed by atoms with Crippen LogP contribution in [-0.4, -0.2) is 21.2 Å². The highest BCUT2D eigenvalue weighted by Crippen LogP contribution is 1.76. The Morgan fingerprint density at radius 3 is 1.75 bits per heavy atom. The first-order valence-corrected chi connectivity index (χ1v) is 3.41. The van der Waals surface area contributed by atoms with Crippen LogP contribution in [0.5, 0.6) is 0 Å². The van der Waals surface area contributed by atoms with Crippen molar-refractivity contribution in [1.29, 1.82) is 0 Å². The summed E-state index contributed by atoms with van der Waals surface area (Å²) in [6.45, 7) is 0. The standard InChI is InChI=1S/C6H8Si.Si/c7-6-4-2-1-3-5-6;/h1-5H,7H3;. The monoisotopic (exact) mass is 136 g/mol. The molecular weight excluding hydrogens is 128 g/mol. The summed E-state index contributed by atoms with van der Waals surface area (Å²) in [4.78, 5) is 0. The summed E-state index contributed by atoms with van der Waals surface area (Å²) in [7, 11) is 1.17. The number of rotatable bonds is 0. The molecule has 0 fully saturated rings. The molecule has 0 aliphatic heterocycles. The van der Waals surface area contributed by atoms with Gasteiger partial charge in [0, 0.05) is 21.2 Å². The maximum atomic E-state index is 2.15. The molecule has 0 N–H and O–H groups in total. The SMILES string of the molecule is [SiH3]c1ccccc1.[Si]. The molecule has 0 bridgehead atoms. The predicted molar refractivity (Wildman–Crippen MR) is 41.8 cm³/mol. The van der Waals surface area contributed by atoms with E-state index < -0.39 is 0 Å². The molecule has 0 heterocycles. The van der Waals surface area contributed by atoms with Crippen molar-refractivity contribution in [3.63, 3.8) is 0 Å². The first kappa shape index (κ1) is 7.65. The molecule has 1 aromatic rings. The second-order valence-corrected chi connectivity index (χ2v) is 2.81. The highest BCUT2D eigenvalue weighted by molar-refractivity contribution is 6.32. The van der Waals surface area contributed by atoms with Gasteiger partial charge in [-0.1, -0.05) is 35.5 Å². The Balaban J connectivity index is 0.000000490. The minimum absolute atomic E-state index is 0. The number of hydrogen-bond acceptors (Lipinski definition) is 0. The van der Waals surface area contributed by atoms with E-state index in [1.165, 1.54) is 15.4 Å². The zero-order chi connectivity index (χ0) is 5.11. The van der Waals surface area contributed by atoms with Crippen molar-refractivity contribution in [3.8, 4) is 0 Å². The third kappa shape index (κ3) is 2.09.